The van der Waals surface area contributed by atoms with Crippen LogP contribution in [-0.2, 0) is 29.9 Å². The molecule has 0 saturated heterocycles. The lowest BCUT2D eigenvalue weighted by Gasteiger charge is -2.10. The monoisotopic (exact) mass is 433 g/mol. The summed E-state index contributed by atoms with van der Waals surface area (Å²) in [5, 5.41) is 4.50. The van der Waals surface area contributed by atoms with Gasteiger partial charge in [0.25, 0.3) is 10.0 Å². The molecule has 1 N–H and O–H groups in total. The minimum absolute atomic E-state index is 0.220. The summed E-state index contributed by atoms with van der Waals surface area (Å²) in [5.74, 6) is 0. The van der Waals surface area contributed by atoms with E-state index in [-0.39, 0.29) is 4.90 Å². The minimum atomic E-state index is -3.67. The van der Waals surface area contributed by atoms with E-state index >= 15 is 0 Å². The third-order valence-electron chi connectivity index (χ3n) is 4.26. The summed E-state index contributed by atoms with van der Waals surface area (Å²) in [5.41, 5.74) is 3.28. The Bertz CT molecular complexity index is 997. The standard InChI is InChI=1S/C19H20BrN3O2S/c1-14-19(22-26(24,25)17-11-9-16(20)10-12-17)18(21-23(14)2)13-8-15-6-4-3-5-7-15/h3-7,9-12,22H,8,13H2,1-2H3. The van der Waals surface area contributed by atoms with E-state index in [1.54, 1.807) is 28.9 Å². The Morgan fingerprint density at radius 1 is 1.04 bits per heavy atom. The molecule has 0 unspecified atom stereocenters. The molecule has 136 valence electrons. The van der Waals surface area contributed by atoms with Crippen molar-refractivity contribution in [3.8, 4) is 0 Å². The SMILES string of the molecule is Cc1c(NS(=O)(=O)c2ccc(Br)cc2)c(CCc2ccccc2)nn1C. The Kier molecular flexibility index (Phi) is 5.48. The molecule has 0 bridgehead atoms. The minimum Gasteiger partial charge on any atom is -0.276 e. The molecule has 0 saturated carbocycles. The second-order valence-electron chi connectivity index (χ2n) is 6.08. The molecule has 1 heterocycles. The maximum absolute atomic E-state index is 12.7. The molecule has 0 atom stereocenters. The Hall–Kier alpha value is -2.12. The molecule has 1 aromatic heterocycles. The molecule has 0 fully saturated rings. The fourth-order valence-corrected chi connectivity index (χ4v) is 4.11. The van der Waals surface area contributed by atoms with E-state index in [9.17, 15) is 8.42 Å². The maximum atomic E-state index is 12.7. The van der Waals surface area contributed by atoms with Crippen molar-refractivity contribution in [2.45, 2.75) is 24.7 Å². The lowest BCUT2D eigenvalue weighted by atomic mass is 10.1. The molecule has 3 rings (SSSR count). The first-order valence-corrected chi connectivity index (χ1v) is 10.5. The number of aromatic nitrogens is 2. The van der Waals surface area contributed by atoms with Gasteiger partial charge in [-0.25, -0.2) is 8.42 Å². The lowest BCUT2D eigenvalue weighted by molar-refractivity contribution is 0.601. The van der Waals surface area contributed by atoms with E-state index < -0.39 is 10.0 Å². The summed E-state index contributed by atoms with van der Waals surface area (Å²) in [7, 11) is -1.85. The van der Waals surface area contributed by atoms with Crippen LogP contribution in [0.3, 0.4) is 0 Å². The number of anilines is 1. The van der Waals surface area contributed by atoms with Gasteiger partial charge in [-0.15, -0.1) is 0 Å². The van der Waals surface area contributed by atoms with E-state index in [0.29, 0.717) is 12.1 Å². The number of halogens is 1. The third kappa shape index (κ3) is 4.16. The van der Waals surface area contributed by atoms with Gasteiger partial charge in [0.2, 0.25) is 0 Å². The highest BCUT2D eigenvalue weighted by molar-refractivity contribution is 9.10. The molecule has 2 aromatic carbocycles. The van der Waals surface area contributed by atoms with E-state index in [2.05, 4.69) is 37.9 Å². The predicted octanol–water partition coefficient (Wildman–Crippen LogP) is 4.08. The van der Waals surface area contributed by atoms with Gasteiger partial charge in [0.05, 0.1) is 22.0 Å². The molecular formula is C19H20BrN3O2S. The molecule has 26 heavy (non-hydrogen) atoms. The largest absolute Gasteiger partial charge is 0.276 e. The van der Waals surface area contributed by atoms with Crippen molar-refractivity contribution in [1.82, 2.24) is 9.78 Å². The van der Waals surface area contributed by atoms with Gasteiger partial charge in [0.15, 0.2) is 0 Å². The number of nitrogens with one attached hydrogen (secondary N) is 1. The molecule has 0 aliphatic rings. The number of hydrogen-bond acceptors (Lipinski definition) is 3. The summed E-state index contributed by atoms with van der Waals surface area (Å²) in [6.07, 6.45) is 1.45. The maximum Gasteiger partial charge on any atom is 0.262 e. The van der Waals surface area contributed by atoms with Gasteiger partial charge < -0.3 is 0 Å². The van der Waals surface area contributed by atoms with Gasteiger partial charge in [-0.1, -0.05) is 46.3 Å². The highest BCUT2D eigenvalue weighted by Gasteiger charge is 2.20. The van der Waals surface area contributed by atoms with Gasteiger partial charge in [0, 0.05) is 11.5 Å². The van der Waals surface area contributed by atoms with Crippen molar-refractivity contribution in [1.29, 1.82) is 0 Å². The van der Waals surface area contributed by atoms with Crippen molar-refractivity contribution < 1.29 is 8.42 Å². The van der Waals surface area contributed by atoms with Crippen LogP contribution in [0.15, 0.2) is 64.0 Å². The Labute approximate surface area is 162 Å². The average molecular weight is 434 g/mol. The van der Waals surface area contributed by atoms with Crippen LogP contribution in [0, 0.1) is 6.92 Å². The fraction of sp³-hybridized carbons (Fsp3) is 0.211. The highest BCUT2D eigenvalue weighted by atomic mass is 79.9. The van der Waals surface area contributed by atoms with Crippen LogP contribution in [-0.4, -0.2) is 18.2 Å². The lowest BCUT2D eigenvalue weighted by Crippen LogP contribution is -2.14. The summed E-state index contributed by atoms with van der Waals surface area (Å²) in [6.45, 7) is 1.86. The van der Waals surface area contributed by atoms with Gasteiger partial charge >= 0.3 is 0 Å². The first-order valence-electron chi connectivity index (χ1n) is 8.21. The normalized spacial score (nSPS) is 11.5. The summed E-state index contributed by atoms with van der Waals surface area (Å²) < 4.78 is 30.7. The van der Waals surface area contributed by atoms with Gasteiger partial charge in [-0.2, -0.15) is 5.10 Å². The van der Waals surface area contributed by atoms with E-state index in [1.165, 1.54) is 5.56 Å². The Balaban J connectivity index is 1.86. The number of sulfonamides is 1. The van der Waals surface area contributed by atoms with Crippen molar-refractivity contribution >= 4 is 31.6 Å². The van der Waals surface area contributed by atoms with Crippen LogP contribution in [0.25, 0.3) is 0 Å². The van der Waals surface area contributed by atoms with Gasteiger partial charge in [-0.05, 0) is 49.6 Å². The van der Waals surface area contributed by atoms with Crippen molar-refractivity contribution in [2.24, 2.45) is 7.05 Å². The zero-order chi connectivity index (χ0) is 18.7. The average Bonchev–Trinajstić information content (AvgIpc) is 2.88. The molecule has 5 nitrogen and oxygen atoms in total. The van der Waals surface area contributed by atoms with E-state index in [4.69, 9.17) is 0 Å². The van der Waals surface area contributed by atoms with E-state index in [1.807, 2.05) is 32.2 Å². The molecule has 0 amide bonds. The smallest absolute Gasteiger partial charge is 0.262 e. The molecular weight excluding hydrogens is 414 g/mol. The molecule has 3 aromatic rings. The number of benzene rings is 2. The quantitative estimate of drug-likeness (QED) is 0.636. The Morgan fingerprint density at radius 2 is 1.69 bits per heavy atom. The zero-order valence-electron chi connectivity index (χ0n) is 14.6. The summed E-state index contributed by atoms with van der Waals surface area (Å²) in [6, 6.07) is 16.6. The second-order valence-corrected chi connectivity index (χ2v) is 8.67. The first-order chi connectivity index (χ1) is 12.4. The van der Waals surface area contributed by atoms with Gasteiger partial charge in [0.1, 0.15) is 0 Å². The summed E-state index contributed by atoms with van der Waals surface area (Å²) >= 11 is 3.32. The number of aryl methyl sites for hydroxylation is 3. The highest BCUT2D eigenvalue weighted by Crippen LogP contribution is 2.25. The number of hydrogen-bond donors (Lipinski definition) is 1. The van der Waals surface area contributed by atoms with Crippen LogP contribution in [0.4, 0.5) is 5.69 Å². The number of nitrogens with zero attached hydrogens (tertiary/aromatic N) is 2. The van der Waals surface area contributed by atoms with Gasteiger partial charge in [-0.3, -0.25) is 9.40 Å². The number of rotatable bonds is 6. The molecule has 0 aliphatic carbocycles. The summed E-state index contributed by atoms with van der Waals surface area (Å²) in [4.78, 5) is 0.220. The Morgan fingerprint density at radius 3 is 2.35 bits per heavy atom. The topological polar surface area (TPSA) is 64.0 Å². The molecule has 0 aliphatic heterocycles. The van der Waals surface area contributed by atoms with Crippen LogP contribution < -0.4 is 4.72 Å². The first kappa shape index (κ1) is 18.7. The van der Waals surface area contributed by atoms with Crippen LogP contribution in [0.2, 0.25) is 0 Å². The molecule has 0 radical (unpaired) electrons. The van der Waals surface area contributed by atoms with Crippen molar-refractivity contribution in [3.05, 3.63) is 76.0 Å². The molecule has 0 spiro atoms. The van der Waals surface area contributed by atoms with E-state index in [0.717, 1.165) is 22.3 Å². The third-order valence-corrected chi connectivity index (χ3v) is 6.15. The van der Waals surface area contributed by atoms with Crippen LogP contribution in [0.1, 0.15) is 17.0 Å². The van der Waals surface area contributed by atoms with Crippen LogP contribution in [0.5, 0.6) is 0 Å². The fourth-order valence-electron chi connectivity index (χ4n) is 2.70. The zero-order valence-corrected chi connectivity index (χ0v) is 17.0. The van der Waals surface area contributed by atoms with Crippen LogP contribution >= 0.6 is 15.9 Å². The van der Waals surface area contributed by atoms with Crippen molar-refractivity contribution in [3.63, 3.8) is 0 Å². The second kappa shape index (κ2) is 7.63. The molecule has 7 heteroatoms. The van der Waals surface area contributed by atoms with Crippen molar-refractivity contribution in [2.75, 3.05) is 4.72 Å². The predicted molar refractivity (Wildman–Crippen MR) is 107 cm³/mol.